The maximum Gasteiger partial charge on any atom is 0.272 e. The minimum atomic E-state index is -0.578. The summed E-state index contributed by atoms with van der Waals surface area (Å²) in [4.78, 5) is 26.1. The Bertz CT molecular complexity index is 1170. The Morgan fingerprint density at radius 3 is 2.53 bits per heavy atom. The van der Waals surface area contributed by atoms with Crippen LogP contribution in [0, 0.1) is 10.1 Å². The Hall–Kier alpha value is -3.50. The molecule has 2 saturated heterocycles. The van der Waals surface area contributed by atoms with Crippen molar-refractivity contribution in [3.05, 3.63) is 64.5 Å². The molecule has 2 aliphatic heterocycles. The van der Waals surface area contributed by atoms with E-state index in [9.17, 15) is 14.9 Å². The SMILES string of the molecule is Cn1cccc1-c1cc(C(=O)N2CCC3(CC2)OCCO3)n(-c2cccc([N+](=O)[O-])c2)n1. The first kappa shape index (κ1) is 20.4. The van der Waals surface area contributed by atoms with Gasteiger partial charge in [0, 0.05) is 51.3 Å². The van der Waals surface area contributed by atoms with E-state index in [-0.39, 0.29) is 11.6 Å². The number of nitrogens with zero attached hydrogens (tertiary/aromatic N) is 5. The molecule has 1 amide bonds. The molecule has 0 atom stereocenters. The lowest BCUT2D eigenvalue weighted by molar-refractivity contribution is -0.384. The van der Waals surface area contributed by atoms with E-state index in [1.54, 1.807) is 23.1 Å². The molecule has 2 fully saturated rings. The van der Waals surface area contributed by atoms with Crippen LogP contribution < -0.4 is 0 Å². The van der Waals surface area contributed by atoms with E-state index < -0.39 is 10.7 Å². The van der Waals surface area contributed by atoms with E-state index in [2.05, 4.69) is 5.10 Å². The van der Waals surface area contributed by atoms with Gasteiger partial charge in [0.05, 0.1) is 29.5 Å². The highest BCUT2D eigenvalue weighted by Crippen LogP contribution is 2.32. The van der Waals surface area contributed by atoms with Crippen LogP contribution >= 0.6 is 0 Å². The lowest BCUT2D eigenvalue weighted by Gasteiger charge is -2.37. The summed E-state index contributed by atoms with van der Waals surface area (Å²) in [6.07, 6.45) is 3.11. The second-order valence-electron chi connectivity index (χ2n) is 8.01. The molecule has 5 rings (SSSR count). The lowest BCUT2D eigenvalue weighted by atomic mass is 10.0. The smallest absolute Gasteiger partial charge is 0.272 e. The van der Waals surface area contributed by atoms with Crippen LogP contribution in [0.1, 0.15) is 23.3 Å². The lowest BCUT2D eigenvalue weighted by Crippen LogP contribution is -2.47. The largest absolute Gasteiger partial charge is 0.349 e. The quantitative estimate of drug-likeness (QED) is 0.459. The van der Waals surface area contributed by atoms with Crippen LogP contribution in [0.25, 0.3) is 17.1 Å². The summed E-state index contributed by atoms with van der Waals surface area (Å²) in [5.74, 6) is -0.761. The molecule has 4 heterocycles. The van der Waals surface area contributed by atoms with Crippen molar-refractivity contribution in [1.82, 2.24) is 19.2 Å². The number of likely N-dealkylation sites (tertiary alicyclic amines) is 1. The van der Waals surface area contributed by atoms with E-state index >= 15 is 0 Å². The van der Waals surface area contributed by atoms with E-state index in [0.717, 1.165) is 5.69 Å². The Morgan fingerprint density at radius 1 is 1.12 bits per heavy atom. The maximum absolute atomic E-state index is 13.5. The number of benzene rings is 1. The highest BCUT2D eigenvalue weighted by atomic mass is 16.7. The minimum absolute atomic E-state index is 0.0627. The summed E-state index contributed by atoms with van der Waals surface area (Å²) in [5.41, 5.74) is 2.20. The van der Waals surface area contributed by atoms with Crippen molar-refractivity contribution in [2.45, 2.75) is 18.6 Å². The average Bonchev–Trinajstić information content (AvgIpc) is 3.54. The van der Waals surface area contributed by atoms with Gasteiger partial charge in [0.25, 0.3) is 11.6 Å². The molecule has 0 bridgehead atoms. The Morgan fingerprint density at radius 2 is 1.88 bits per heavy atom. The fraction of sp³-hybridized carbons (Fsp3) is 0.364. The summed E-state index contributed by atoms with van der Waals surface area (Å²) in [6, 6.07) is 11.7. The van der Waals surface area contributed by atoms with Crippen LogP contribution in [-0.2, 0) is 16.5 Å². The monoisotopic (exact) mass is 437 g/mol. The van der Waals surface area contributed by atoms with Gasteiger partial charge in [-0.25, -0.2) is 4.68 Å². The zero-order valence-corrected chi connectivity index (χ0v) is 17.6. The fourth-order valence-electron chi connectivity index (χ4n) is 4.32. The van der Waals surface area contributed by atoms with Crippen molar-refractivity contribution in [2.75, 3.05) is 26.3 Å². The van der Waals surface area contributed by atoms with Gasteiger partial charge in [-0.1, -0.05) is 6.07 Å². The number of ether oxygens (including phenoxy) is 2. The summed E-state index contributed by atoms with van der Waals surface area (Å²) in [6.45, 7) is 2.15. The van der Waals surface area contributed by atoms with Crippen molar-refractivity contribution < 1.29 is 19.2 Å². The topological polar surface area (TPSA) is 105 Å². The number of carbonyl (C=O) groups is 1. The first-order chi connectivity index (χ1) is 15.5. The van der Waals surface area contributed by atoms with Crippen LogP contribution in [0.4, 0.5) is 5.69 Å². The van der Waals surface area contributed by atoms with Gasteiger partial charge in [-0.3, -0.25) is 14.9 Å². The number of rotatable bonds is 4. The number of carbonyl (C=O) groups excluding carboxylic acids is 1. The number of nitro groups is 1. The van der Waals surface area contributed by atoms with Gasteiger partial charge < -0.3 is 18.9 Å². The number of piperidine rings is 1. The number of nitro benzene ring substituents is 1. The number of aryl methyl sites for hydroxylation is 1. The molecule has 1 aromatic carbocycles. The molecule has 10 nitrogen and oxygen atoms in total. The van der Waals surface area contributed by atoms with Gasteiger partial charge in [0.15, 0.2) is 5.79 Å². The van der Waals surface area contributed by atoms with Gasteiger partial charge >= 0.3 is 0 Å². The normalized spacial score (nSPS) is 17.7. The Kier molecular flexibility index (Phi) is 5.03. The van der Waals surface area contributed by atoms with E-state index in [1.807, 2.05) is 29.9 Å². The molecule has 0 unspecified atom stereocenters. The molecule has 3 aromatic rings. The maximum atomic E-state index is 13.5. The van der Waals surface area contributed by atoms with Crippen LogP contribution in [0.2, 0.25) is 0 Å². The number of amides is 1. The van der Waals surface area contributed by atoms with Gasteiger partial charge in [0.1, 0.15) is 11.4 Å². The van der Waals surface area contributed by atoms with Crippen molar-refractivity contribution in [3.8, 4) is 17.1 Å². The fourth-order valence-corrected chi connectivity index (χ4v) is 4.32. The zero-order valence-electron chi connectivity index (χ0n) is 17.6. The predicted molar refractivity (Wildman–Crippen MR) is 114 cm³/mol. The minimum Gasteiger partial charge on any atom is -0.349 e. The molecule has 0 N–H and O–H groups in total. The zero-order chi connectivity index (χ0) is 22.3. The highest BCUT2D eigenvalue weighted by molar-refractivity contribution is 5.94. The Labute approximate surface area is 184 Å². The number of aromatic nitrogens is 3. The number of hydrogen-bond donors (Lipinski definition) is 0. The molecule has 1 spiro atoms. The van der Waals surface area contributed by atoms with Crippen LogP contribution in [-0.4, -0.2) is 62.2 Å². The first-order valence-corrected chi connectivity index (χ1v) is 10.5. The third-order valence-electron chi connectivity index (χ3n) is 6.05. The summed E-state index contributed by atoms with van der Waals surface area (Å²) in [7, 11) is 1.90. The van der Waals surface area contributed by atoms with Gasteiger partial charge in [-0.2, -0.15) is 5.10 Å². The molecule has 10 heteroatoms. The van der Waals surface area contributed by atoms with Gasteiger partial charge in [0.2, 0.25) is 0 Å². The number of hydrogen-bond acceptors (Lipinski definition) is 6. The van der Waals surface area contributed by atoms with Crippen molar-refractivity contribution in [1.29, 1.82) is 0 Å². The molecule has 0 saturated carbocycles. The van der Waals surface area contributed by atoms with Gasteiger partial charge in [-0.05, 0) is 24.3 Å². The molecular formula is C22H23N5O5. The molecule has 0 radical (unpaired) electrons. The van der Waals surface area contributed by atoms with Crippen molar-refractivity contribution in [2.24, 2.45) is 7.05 Å². The highest BCUT2D eigenvalue weighted by Gasteiger charge is 2.41. The number of non-ortho nitro benzene ring substituents is 1. The third-order valence-corrected chi connectivity index (χ3v) is 6.05. The standard InChI is InChI=1S/C22H23N5O5/c1-24-9-3-6-19(24)18-15-20(26(23-18)16-4-2-5-17(14-16)27(29)30)21(28)25-10-7-22(8-11-25)31-12-13-32-22/h2-6,9,14-15H,7-8,10-13H2,1H3. The molecule has 2 aromatic heterocycles. The molecule has 2 aliphatic rings. The summed E-state index contributed by atoms with van der Waals surface area (Å²) >= 11 is 0. The molecular weight excluding hydrogens is 414 g/mol. The Balaban J connectivity index is 1.51. The van der Waals surface area contributed by atoms with Crippen molar-refractivity contribution >= 4 is 11.6 Å². The molecule has 0 aliphatic carbocycles. The van der Waals surface area contributed by atoms with E-state index in [1.165, 1.54) is 16.8 Å². The summed E-state index contributed by atoms with van der Waals surface area (Å²) < 4.78 is 14.9. The second-order valence-corrected chi connectivity index (χ2v) is 8.01. The van der Waals surface area contributed by atoms with E-state index in [0.29, 0.717) is 56.2 Å². The van der Waals surface area contributed by atoms with Crippen LogP contribution in [0.15, 0.2) is 48.7 Å². The van der Waals surface area contributed by atoms with E-state index in [4.69, 9.17) is 9.47 Å². The summed E-state index contributed by atoms with van der Waals surface area (Å²) in [5, 5.41) is 15.9. The van der Waals surface area contributed by atoms with Gasteiger partial charge in [-0.15, -0.1) is 0 Å². The predicted octanol–water partition coefficient (Wildman–Crippen LogP) is 2.77. The van der Waals surface area contributed by atoms with Crippen LogP contribution in [0.3, 0.4) is 0 Å². The molecule has 32 heavy (non-hydrogen) atoms. The van der Waals surface area contributed by atoms with Crippen LogP contribution in [0.5, 0.6) is 0 Å². The third kappa shape index (κ3) is 3.57. The first-order valence-electron chi connectivity index (χ1n) is 10.5. The average molecular weight is 437 g/mol. The second kappa shape index (κ2) is 7.88. The molecule has 166 valence electrons. The van der Waals surface area contributed by atoms with Crippen molar-refractivity contribution in [3.63, 3.8) is 0 Å².